The van der Waals surface area contributed by atoms with Crippen LogP contribution < -0.4 is 15.4 Å². The number of nitrogens with one attached hydrogen (secondary N) is 2. The van der Waals surface area contributed by atoms with Crippen LogP contribution in [0.4, 0.5) is 0 Å². The molecule has 0 unspecified atom stereocenters. The fourth-order valence-electron chi connectivity index (χ4n) is 3.91. The molecule has 0 aliphatic heterocycles. The Morgan fingerprint density at radius 2 is 1.87 bits per heavy atom. The lowest BCUT2D eigenvalue weighted by Gasteiger charge is -2.35. The lowest BCUT2D eigenvalue weighted by Crippen LogP contribution is -2.39. The summed E-state index contributed by atoms with van der Waals surface area (Å²) >= 11 is 0. The van der Waals surface area contributed by atoms with Crippen molar-refractivity contribution in [3.05, 3.63) is 29.8 Å². The Morgan fingerprint density at radius 1 is 1.13 bits per heavy atom. The van der Waals surface area contributed by atoms with Crippen LogP contribution in [0.3, 0.4) is 0 Å². The van der Waals surface area contributed by atoms with Gasteiger partial charge in [-0.15, -0.1) is 24.0 Å². The van der Waals surface area contributed by atoms with Gasteiger partial charge >= 0.3 is 0 Å². The first kappa shape index (κ1) is 27.0. The van der Waals surface area contributed by atoms with Crippen molar-refractivity contribution in [1.29, 1.82) is 0 Å². The number of halogens is 1. The first-order valence-electron chi connectivity index (χ1n) is 11.0. The first-order chi connectivity index (χ1) is 14.2. The number of aliphatic imine (C=N–C) groups is 1. The summed E-state index contributed by atoms with van der Waals surface area (Å²) in [5, 5.41) is 16.2. The highest BCUT2D eigenvalue weighted by molar-refractivity contribution is 14.0. The van der Waals surface area contributed by atoms with E-state index in [1.54, 1.807) is 7.11 Å². The van der Waals surface area contributed by atoms with Crippen LogP contribution in [-0.4, -0.2) is 51.0 Å². The average Bonchev–Trinajstić information content (AvgIpc) is 2.75. The summed E-state index contributed by atoms with van der Waals surface area (Å²) in [5.41, 5.74) is 1.33. The zero-order chi connectivity index (χ0) is 20.8. The Balaban J connectivity index is 0.00000450. The molecular weight excluding hydrogens is 493 g/mol. The quantitative estimate of drug-likeness (QED) is 0.163. The van der Waals surface area contributed by atoms with Gasteiger partial charge in [0.1, 0.15) is 5.75 Å². The van der Waals surface area contributed by atoms with Crippen LogP contribution in [-0.2, 0) is 11.3 Å². The Labute approximate surface area is 199 Å². The van der Waals surface area contributed by atoms with Gasteiger partial charge in [0.05, 0.1) is 13.7 Å². The molecule has 3 N–H and O–H groups in total. The van der Waals surface area contributed by atoms with Gasteiger partial charge < -0.3 is 25.2 Å². The third-order valence-corrected chi connectivity index (χ3v) is 5.66. The molecule has 7 heteroatoms. The Hall–Kier alpha value is -1.06. The normalized spacial score (nSPS) is 15.9. The number of hydrogen-bond acceptors (Lipinski definition) is 4. The fourth-order valence-corrected chi connectivity index (χ4v) is 3.91. The van der Waals surface area contributed by atoms with E-state index in [9.17, 15) is 5.11 Å². The molecule has 0 spiro atoms. The molecule has 0 radical (unpaired) electrons. The monoisotopic (exact) mass is 533 g/mol. The highest BCUT2D eigenvalue weighted by Gasteiger charge is 2.31. The lowest BCUT2D eigenvalue weighted by molar-refractivity contribution is 0.119. The summed E-state index contributed by atoms with van der Waals surface area (Å²) in [6, 6.07) is 7.96. The maximum atomic E-state index is 9.48. The number of aliphatic hydroxyl groups is 1. The Kier molecular flexibility index (Phi) is 14.1. The predicted octanol–water partition coefficient (Wildman–Crippen LogP) is 4.11. The van der Waals surface area contributed by atoms with Crippen LogP contribution in [0.25, 0.3) is 0 Å². The maximum absolute atomic E-state index is 9.48. The summed E-state index contributed by atoms with van der Waals surface area (Å²) in [7, 11) is 1.67. The molecule has 30 heavy (non-hydrogen) atoms. The van der Waals surface area contributed by atoms with E-state index in [-0.39, 0.29) is 36.0 Å². The summed E-state index contributed by atoms with van der Waals surface area (Å²) in [6.45, 7) is 6.10. The van der Waals surface area contributed by atoms with Crippen molar-refractivity contribution in [3.8, 4) is 5.75 Å². The fraction of sp³-hybridized carbons (Fsp3) is 0.696. The van der Waals surface area contributed by atoms with Crippen LogP contribution in [0.5, 0.6) is 5.75 Å². The SMILES string of the molecule is CCNC(=NCC1(CCO)CCCCC1)NCCCOCc1ccc(OC)cc1.I. The number of methoxy groups -OCH3 is 1. The Morgan fingerprint density at radius 3 is 2.50 bits per heavy atom. The minimum absolute atomic E-state index is 0. The number of ether oxygens (including phenoxy) is 2. The second kappa shape index (κ2) is 15.7. The van der Waals surface area contributed by atoms with Crippen molar-refractivity contribution < 1.29 is 14.6 Å². The minimum atomic E-state index is 0. The molecule has 1 aromatic carbocycles. The third-order valence-electron chi connectivity index (χ3n) is 5.66. The predicted molar refractivity (Wildman–Crippen MR) is 134 cm³/mol. The van der Waals surface area contributed by atoms with Gasteiger partial charge in [-0.25, -0.2) is 0 Å². The zero-order valence-corrected chi connectivity index (χ0v) is 21.0. The molecule has 172 valence electrons. The van der Waals surface area contributed by atoms with Crippen molar-refractivity contribution in [2.45, 2.75) is 58.5 Å². The summed E-state index contributed by atoms with van der Waals surface area (Å²) < 4.78 is 10.9. The van der Waals surface area contributed by atoms with Crippen molar-refractivity contribution in [3.63, 3.8) is 0 Å². The molecule has 1 fully saturated rings. The zero-order valence-electron chi connectivity index (χ0n) is 18.6. The van der Waals surface area contributed by atoms with Gasteiger partial charge in [-0.1, -0.05) is 31.4 Å². The molecule has 1 aromatic rings. The second-order valence-corrected chi connectivity index (χ2v) is 7.91. The van der Waals surface area contributed by atoms with Gasteiger partial charge in [0.15, 0.2) is 5.96 Å². The topological polar surface area (TPSA) is 75.1 Å². The van der Waals surface area contributed by atoms with E-state index in [0.29, 0.717) is 13.2 Å². The number of guanidine groups is 1. The molecule has 6 nitrogen and oxygen atoms in total. The van der Waals surface area contributed by atoms with Crippen LogP contribution in [0.15, 0.2) is 29.3 Å². The molecule has 0 heterocycles. The van der Waals surface area contributed by atoms with E-state index in [4.69, 9.17) is 14.5 Å². The van der Waals surface area contributed by atoms with Gasteiger partial charge in [0.2, 0.25) is 0 Å². The number of rotatable bonds is 12. The summed E-state index contributed by atoms with van der Waals surface area (Å²) in [5.74, 6) is 1.73. The van der Waals surface area contributed by atoms with E-state index in [0.717, 1.165) is 49.7 Å². The number of aliphatic hydroxyl groups excluding tert-OH is 1. The van der Waals surface area contributed by atoms with E-state index in [1.165, 1.54) is 32.1 Å². The molecule has 0 aromatic heterocycles. The first-order valence-corrected chi connectivity index (χ1v) is 11.0. The van der Waals surface area contributed by atoms with E-state index in [1.807, 2.05) is 24.3 Å². The highest BCUT2D eigenvalue weighted by Crippen LogP contribution is 2.39. The molecular formula is C23H40IN3O3. The van der Waals surface area contributed by atoms with Crippen LogP contribution in [0, 0.1) is 5.41 Å². The van der Waals surface area contributed by atoms with Gasteiger partial charge in [-0.3, -0.25) is 4.99 Å². The minimum Gasteiger partial charge on any atom is -0.497 e. The molecule has 0 saturated heterocycles. The molecule has 0 amide bonds. The number of nitrogens with zero attached hydrogens (tertiary/aromatic N) is 1. The van der Waals surface area contributed by atoms with E-state index >= 15 is 0 Å². The van der Waals surface area contributed by atoms with Crippen molar-refractivity contribution >= 4 is 29.9 Å². The maximum Gasteiger partial charge on any atom is 0.191 e. The van der Waals surface area contributed by atoms with Crippen LogP contribution in [0.1, 0.15) is 57.4 Å². The average molecular weight is 533 g/mol. The van der Waals surface area contributed by atoms with Crippen molar-refractivity contribution in [2.24, 2.45) is 10.4 Å². The number of benzene rings is 1. The van der Waals surface area contributed by atoms with Crippen molar-refractivity contribution in [1.82, 2.24) is 10.6 Å². The standard InChI is InChI=1S/C23H39N3O3.HI/c1-3-24-22(26-19-23(14-16-27)12-5-4-6-13-23)25-15-7-17-29-18-20-8-10-21(28-2)11-9-20;/h8-11,27H,3-7,12-19H2,1-2H3,(H2,24,25,26);1H. The molecule has 0 atom stereocenters. The number of hydrogen-bond donors (Lipinski definition) is 3. The molecule has 1 aliphatic rings. The van der Waals surface area contributed by atoms with E-state index in [2.05, 4.69) is 17.6 Å². The smallest absolute Gasteiger partial charge is 0.191 e. The van der Waals surface area contributed by atoms with Crippen molar-refractivity contribution in [2.75, 3.05) is 40.0 Å². The van der Waals surface area contributed by atoms with Gasteiger partial charge in [-0.05, 0) is 55.7 Å². The summed E-state index contributed by atoms with van der Waals surface area (Å²) in [6.07, 6.45) is 7.95. The van der Waals surface area contributed by atoms with Crippen LogP contribution >= 0.6 is 24.0 Å². The van der Waals surface area contributed by atoms with E-state index < -0.39 is 0 Å². The summed E-state index contributed by atoms with van der Waals surface area (Å²) in [4.78, 5) is 4.84. The van der Waals surface area contributed by atoms with Gasteiger partial charge in [0.25, 0.3) is 0 Å². The van der Waals surface area contributed by atoms with Gasteiger partial charge in [-0.2, -0.15) is 0 Å². The second-order valence-electron chi connectivity index (χ2n) is 7.91. The molecule has 1 saturated carbocycles. The highest BCUT2D eigenvalue weighted by atomic mass is 127. The lowest BCUT2D eigenvalue weighted by atomic mass is 9.72. The Bertz CT molecular complexity index is 584. The molecule has 1 aliphatic carbocycles. The largest absolute Gasteiger partial charge is 0.497 e. The third kappa shape index (κ3) is 9.83. The van der Waals surface area contributed by atoms with Crippen LogP contribution in [0.2, 0.25) is 0 Å². The molecule has 2 rings (SSSR count). The van der Waals surface area contributed by atoms with Gasteiger partial charge in [0, 0.05) is 32.8 Å². The molecule has 0 bridgehead atoms.